The van der Waals surface area contributed by atoms with Crippen molar-refractivity contribution in [2.45, 2.75) is 25.2 Å². The zero-order valence-electron chi connectivity index (χ0n) is 24.2. The second kappa shape index (κ2) is 12.9. The number of hydrogen-bond acceptors (Lipinski definition) is 9. The fourth-order valence-electron chi connectivity index (χ4n) is 5.53. The molecular formula is C29H35F4N7O3. The Bertz CT molecular complexity index is 1380. The van der Waals surface area contributed by atoms with Crippen LogP contribution in [0.2, 0.25) is 0 Å². The number of benzene rings is 1. The minimum atomic E-state index is -4.72. The first-order chi connectivity index (χ1) is 20.6. The fraction of sp³-hybridized carbons (Fsp3) is 0.483. The van der Waals surface area contributed by atoms with Crippen LogP contribution in [0.4, 0.5) is 34.9 Å². The van der Waals surface area contributed by atoms with E-state index in [1.807, 2.05) is 23.8 Å². The number of dihydropyridines is 1. The first-order valence-electron chi connectivity index (χ1n) is 14.1. The van der Waals surface area contributed by atoms with Crippen molar-refractivity contribution in [1.82, 2.24) is 20.2 Å². The number of carbonyl (C=O) groups is 1. The van der Waals surface area contributed by atoms with Gasteiger partial charge in [0.15, 0.2) is 0 Å². The lowest BCUT2D eigenvalue weighted by molar-refractivity contribution is -0.115. The summed E-state index contributed by atoms with van der Waals surface area (Å²) < 4.78 is 68.1. The molecule has 5 rings (SSSR count). The molecule has 1 amide bonds. The maximum Gasteiger partial charge on any atom is 0.416 e. The molecule has 43 heavy (non-hydrogen) atoms. The number of methoxy groups -OCH3 is 1. The lowest BCUT2D eigenvalue weighted by Crippen LogP contribution is -2.41. The molecule has 0 bridgehead atoms. The molecule has 2 aromatic rings. The minimum absolute atomic E-state index is 0.0209. The van der Waals surface area contributed by atoms with Crippen LogP contribution in [0.3, 0.4) is 0 Å². The van der Waals surface area contributed by atoms with Crippen molar-refractivity contribution < 1.29 is 31.8 Å². The Morgan fingerprint density at radius 1 is 1.19 bits per heavy atom. The number of anilines is 3. The summed E-state index contributed by atoms with van der Waals surface area (Å²) in [4.78, 5) is 28.1. The molecule has 1 aromatic carbocycles. The smallest absolute Gasteiger partial charge is 0.387 e. The molecule has 0 spiro atoms. The summed E-state index contributed by atoms with van der Waals surface area (Å²) >= 11 is 0. The molecule has 1 aromatic heterocycles. The molecule has 0 radical (unpaired) electrons. The third-order valence-corrected chi connectivity index (χ3v) is 8.03. The summed E-state index contributed by atoms with van der Waals surface area (Å²) in [5.74, 6) is -1.08. The number of morpholine rings is 1. The largest absolute Gasteiger partial charge is 0.416 e. The van der Waals surface area contributed by atoms with E-state index in [1.165, 1.54) is 24.5 Å². The van der Waals surface area contributed by atoms with Crippen molar-refractivity contribution in [3.63, 3.8) is 0 Å². The summed E-state index contributed by atoms with van der Waals surface area (Å²) in [5.41, 5.74) is -0.665. The fourth-order valence-corrected chi connectivity index (χ4v) is 5.53. The van der Waals surface area contributed by atoms with Crippen molar-refractivity contribution in [1.29, 1.82) is 0 Å². The Balaban J connectivity index is 1.51. The van der Waals surface area contributed by atoms with Crippen LogP contribution in [-0.4, -0.2) is 106 Å². The van der Waals surface area contributed by atoms with Crippen molar-refractivity contribution in [3.05, 3.63) is 53.8 Å². The van der Waals surface area contributed by atoms with Crippen molar-refractivity contribution in [2.24, 2.45) is 0 Å². The highest BCUT2D eigenvalue weighted by atomic mass is 19.4. The highest BCUT2D eigenvalue weighted by molar-refractivity contribution is 6.09. The maximum absolute atomic E-state index is 15.8. The van der Waals surface area contributed by atoms with Gasteiger partial charge in [0, 0.05) is 69.6 Å². The molecule has 2 saturated heterocycles. The van der Waals surface area contributed by atoms with Crippen LogP contribution in [0.1, 0.15) is 6.92 Å². The average Bonchev–Trinajstić information content (AvgIpc) is 3.46. The van der Waals surface area contributed by atoms with Crippen LogP contribution in [0, 0.1) is 5.82 Å². The van der Waals surface area contributed by atoms with Gasteiger partial charge in [-0.15, -0.1) is 0 Å². The van der Waals surface area contributed by atoms with Crippen LogP contribution in [0.5, 0.6) is 0 Å². The van der Waals surface area contributed by atoms with Gasteiger partial charge in [0.1, 0.15) is 5.82 Å². The van der Waals surface area contributed by atoms with Gasteiger partial charge in [0.25, 0.3) is 5.91 Å². The quantitative estimate of drug-likeness (QED) is 0.440. The van der Waals surface area contributed by atoms with E-state index in [-0.39, 0.29) is 29.9 Å². The maximum atomic E-state index is 15.8. The molecule has 2 N–H and O–H groups in total. The molecule has 4 heterocycles. The molecule has 3 aliphatic heterocycles. The van der Waals surface area contributed by atoms with Crippen molar-refractivity contribution in [3.8, 4) is 11.1 Å². The molecule has 2 atom stereocenters. The standard InChI is InChI=1S/C29H35F4N7O3/c1-4-38(2)25-16-40(17-26(25)42-3)24-12-22(30)19(18-13-35-28(36-14-18)39-7-9-43-10-8-39)11-23(24)37-27(41)20-15-34-6-5-21(20)29(31,32)33/h5,11-15,25-26,34H,4,6-10,16-17H2,1-3H3,(H,37,41)/t25-,26-/m1/s1. The number of nitrogens with one attached hydrogen (secondary N) is 2. The first-order valence-corrected chi connectivity index (χ1v) is 14.1. The van der Waals surface area contributed by atoms with Crippen LogP contribution in [-0.2, 0) is 14.3 Å². The van der Waals surface area contributed by atoms with Gasteiger partial charge < -0.3 is 29.9 Å². The molecule has 0 unspecified atom stereocenters. The number of amides is 1. The van der Waals surface area contributed by atoms with E-state index in [2.05, 4.69) is 25.5 Å². The van der Waals surface area contributed by atoms with Crippen LogP contribution >= 0.6 is 0 Å². The van der Waals surface area contributed by atoms with E-state index in [9.17, 15) is 18.0 Å². The van der Waals surface area contributed by atoms with Crippen molar-refractivity contribution >= 4 is 23.2 Å². The van der Waals surface area contributed by atoms with Crippen LogP contribution in [0.15, 0.2) is 47.9 Å². The predicted octanol–water partition coefficient (Wildman–Crippen LogP) is 3.19. The lowest BCUT2D eigenvalue weighted by atomic mass is 10.0. The van der Waals surface area contributed by atoms with Gasteiger partial charge in [-0.05, 0) is 25.7 Å². The lowest BCUT2D eigenvalue weighted by Gasteiger charge is -2.27. The zero-order chi connectivity index (χ0) is 30.7. The molecule has 14 heteroatoms. The third-order valence-electron chi connectivity index (χ3n) is 8.03. The van der Waals surface area contributed by atoms with E-state index in [1.54, 1.807) is 7.11 Å². The van der Waals surface area contributed by atoms with E-state index in [0.717, 1.165) is 18.8 Å². The van der Waals surface area contributed by atoms with Crippen molar-refractivity contribution in [2.75, 3.05) is 81.8 Å². The monoisotopic (exact) mass is 605 g/mol. The Kier molecular flexibility index (Phi) is 9.18. The van der Waals surface area contributed by atoms with Gasteiger partial charge in [-0.25, -0.2) is 14.4 Å². The van der Waals surface area contributed by atoms with E-state index in [0.29, 0.717) is 56.6 Å². The van der Waals surface area contributed by atoms with E-state index < -0.39 is 29.0 Å². The number of hydrogen-bond donors (Lipinski definition) is 2. The van der Waals surface area contributed by atoms with Crippen LogP contribution in [0.25, 0.3) is 11.1 Å². The molecule has 10 nitrogen and oxygen atoms in total. The Morgan fingerprint density at radius 3 is 2.56 bits per heavy atom. The summed E-state index contributed by atoms with van der Waals surface area (Å²) in [7, 11) is 3.56. The number of carbonyl (C=O) groups excluding carboxylic acids is 1. The Hall–Kier alpha value is -3.75. The molecule has 232 valence electrons. The highest BCUT2D eigenvalue weighted by Crippen LogP contribution is 2.38. The number of rotatable bonds is 8. The summed E-state index contributed by atoms with van der Waals surface area (Å²) in [6.07, 6.45) is 0.0191. The van der Waals surface area contributed by atoms with E-state index in [4.69, 9.17) is 9.47 Å². The summed E-state index contributed by atoms with van der Waals surface area (Å²) in [6.45, 7) is 5.92. The predicted molar refractivity (Wildman–Crippen MR) is 154 cm³/mol. The molecule has 2 fully saturated rings. The first kappa shape index (κ1) is 30.7. The van der Waals surface area contributed by atoms with Crippen LogP contribution < -0.4 is 20.4 Å². The number of alkyl halides is 3. The number of halogens is 4. The number of likely N-dealkylation sites (N-methyl/N-ethyl adjacent to an activating group) is 1. The molecular weight excluding hydrogens is 570 g/mol. The average molecular weight is 606 g/mol. The third kappa shape index (κ3) is 6.60. The zero-order valence-corrected chi connectivity index (χ0v) is 24.2. The summed E-state index contributed by atoms with van der Waals surface area (Å²) in [6, 6.07) is 2.69. The molecule has 0 saturated carbocycles. The van der Waals surface area contributed by atoms with Gasteiger partial charge in [0.05, 0.1) is 47.9 Å². The number of nitrogens with zero attached hydrogens (tertiary/aromatic N) is 5. The normalized spacial score (nSPS) is 21.0. The van der Waals surface area contributed by atoms with Gasteiger partial charge in [-0.2, -0.15) is 13.2 Å². The second-order valence-electron chi connectivity index (χ2n) is 10.6. The van der Waals surface area contributed by atoms with Gasteiger partial charge in [-0.1, -0.05) is 13.0 Å². The minimum Gasteiger partial charge on any atom is -0.387 e. The highest BCUT2D eigenvalue weighted by Gasteiger charge is 2.40. The van der Waals surface area contributed by atoms with Gasteiger partial charge in [0.2, 0.25) is 5.95 Å². The second-order valence-corrected chi connectivity index (χ2v) is 10.6. The molecule has 3 aliphatic rings. The topological polar surface area (TPSA) is 95.1 Å². The molecule has 0 aliphatic carbocycles. The van der Waals surface area contributed by atoms with Gasteiger partial charge >= 0.3 is 6.18 Å². The number of ether oxygens (including phenoxy) is 2. The van der Waals surface area contributed by atoms with E-state index >= 15 is 4.39 Å². The Labute approximate surface area is 247 Å². The Morgan fingerprint density at radius 2 is 1.91 bits per heavy atom. The summed E-state index contributed by atoms with van der Waals surface area (Å²) in [5, 5.41) is 5.31. The van der Waals surface area contributed by atoms with Gasteiger partial charge in [-0.3, -0.25) is 9.69 Å². The SMILES string of the molecule is CCN(C)[C@@H]1CN(c2cc(F)c(-c3cnc(N4CCOCC4)nc3)cc2NC(=O)C2=CNCC=C2C(F)(F)F)C[C@H]1OC. The number of aromatic nitrogens is 2.